The van der Waals surface area contributed by atoms with E-state index in [4.69, 9.17) is 11.6 Å². The first kappa shape index (κ1) is 14.1. The van der Waals surface area contributed by atoms with Gasteiger partial charge in [-0.25, -0.2) is 4.98 Å². The van der Waals surface area contributed by atoms with E-state index in [-0.39, 0.29) is 5.91 Å². The molecule has 1 aliphatic rings. The highest BCUT2D eigenvalue weighted by molar-refractivity contribution is 6.29. The lowest BCUT2D eigenvalue weighted by Crippen LogP contribution is -2.36. The second kappa shape index (κ2) is 6.75. The van der Waals surface area contributed by atoms with Gasteiger partial charge in [-0.05, 0) is 31.9 Å². The van der Waals surface area contributed by atoms with Crippen LogP contribution >= 0.6 is 11.6 Å². The maximum Gasteiger partial charge on any atom is 0.251 e. The Morgan fingerprint density at radius 2 is 2.11 bits per heavy atom. The fourth-order valence-electron chi connectivity index (χ4n) is 2.42. The molecule has 1 aliphatic carbocycles. The van der Waals surface area contributed by atoms with Crippen molar-refractivity contribution in [1.29, 1.82) is 0 Å². The molecular weight excluding hydrogens is 262 g/mol. The third-order valence-electron chi connectivity index (χ3n) is 3.35. The fraction of sp³-hybridized carbons (Fsp3) is 0.571. The van der Waals surface area contributed by atoms with Crippen molar-refractivity contribution in [2.45, 2.75) is 45.1 Å². The van der Waals surface area contributed by atoms with Gasteiger partial charge in [-0.1, -0.05) is 30.9 Å². The van der Waals surface area contributed by atoms with Crippen molar-refractivity contribution in [2.75, 3.05) is 11.9 Å². The van der Waals surface area contributed by atoms with Crippen molar-refractivity contribution in [2.24, 2.45) is 0 Å². The van der Waals surface area contributed by atoms with Crippen LogP contribution in [-0.4, -0.2) is 23.5 Å². The minimum atomic E-state index is -0.0599. The number of halogens is 1. The first-order valence-corrected chi connectivity index (χ1v) is 7.29. The Hall–Kier alpha value is -1.29. The molecule has 0 atom stereocenters. The third kappa shape index (κ3) is 4.10. The van der Waals surface area contributed by atoms with Gasteiger partial charge in [0.25, 0.3) is 5.91 Å². The normalized spacial score (nSPS) is 16.1. The van der Waals surface area contributed by atoms with Gasteiger partial charge in [0.1, 0.15) is 11.0 Å². The van der Waals surface area contributed by atoms with E-state index < -0.39 is 0 Å². The first-order valence-electron chi connectivity index (χ1n) is 6.91. The van der Waals surface area contributed by atoms with Crippen LogP contribution in [0.25, 0.3) is 0 Å². The highest BCUT2D eigenvalue weighted by atomic mass is 35.5. The molecule has 1 aromatic rings. The Balaban J connectivity index is 2.05. The van der Waals surface area contributed by atoms with Gasteiger partial charge in [0.15, 0.2) is 0 Å². The van der Waals surface area contributed by atoms with Crippen LogP contribution in [0.2, 0.25) is 5.15 Å². The lowest BCUT2D eigenvalue weighted by molar-refractivity contribution is 0.0927. The zero-order valence-electron chi connectivity index (χ0n) is 11.2. The predicted octanol–water partition coefficient (Wildman–Crippen LogP) is 3.23. The van der Waals surface area contributed by atoms with E-state index in [1.54, 1.807) is 12.1 Å². The maximum absolute atomic E-state index is 12.2. The number of amides is 1. The zero-order valence-corrected chi connectivity index (χ0v) is 12.0. The number of aromatic nitrogens is 1. The van der Waals surface area contributed by atoms with Crippen molar-refractivity contribution in [3.63, 3.8) is 0 Å². The van der Waals surface area contributed by atoms with Crippen molar-refractivity contribution < 1.29 is 4.79 Å². The molecule has 0 saturated heterocycles. The smallest absolute Gasteiger partial charge is 0.251 e. The largest absolute Gasteiger partial charge is 0.370 e. The van der Waals surface area contributed by atoms with Gasteiger partial charge in [-0.15, -0.1) is 0 Å². The summed E-state index contributed by atoms with van der Waals surface area (Å²) in [7, 11) is 0. The monoisotopic (exact) mass is 281 g/mol. The van der Waals surface area contributed by atoms with E-state index in [9.17, 15) is 4.79 Å². The minimum Gasteiger partial charge on any atom is -0.370 e. The summed E-state index contributed by atoms with van der Waals surface area (Å²) in [4.78, 5) is 16.3. The number of anilines is 1. The summed E-state index contributed by atoms with van der Waals surface area (Å²) in [6.45, 7) is 2.72. The fourth-order valence-corrected chi connectivity index (χ4v) is 2.62. The van der Waals surface area contributed by atoms with Gasteiger partial charge in [-0.2, -0.15) is 0 Å². The average molecular weight is 282 g/mol. The standard InChI is InChI=1S/C14H20ClN3O/c1-2-16-13-9-10(8-12(15)18-13)14(19)17-11-6-4-3-5-7-11/h8-9,11H,2-7H2,1H3,(H,16,18)(H,17,19). The van der Waals surface area contributed by atoms with E-state index >= 15 is 0 Å². The Kier molecular flexibility index (Phi) is 5.02. The molecule has 2 rings (SSSR count). The van der Waals surface area contributed by atoms with E-state index in [2.05, 4.69) is 15.6 Å². The van der Waals surface area contributed by atoms with Gasteiger partial charge >= 0.3 is 0 Å². The molecule has 104 valence electrons. The molecule has 1 saturated carbocycles. The Bertz CT molecular complexity index is 444. The number of pyridine rings is 1. The van der Waals surface area contributed by atoms with Gasteiger partial charge in [0.05, 0.1) is 0 Å². The molecule has 2 N–H and O–H groups in total. The summed E-state index contributed by atoms with van der Waals surface area (Å²) >= 11 is 5.94. The molecule has 1 heterocycles. The van der Waals surface area contributed by atoms with Crippen molar-refractivity contribution >= 4 is 23.3 Å². The summed E-state index contributed by atoms with van der Waals surface area (Å²) in [6.07, 6.45) is 5.82. The number of hydrogen-bond acceptors (Lipinski definition) is 3. The van der Waals surface area contributed by atoms with E-state index in [0.717, 1.165) is 19.4 Å². The topological polar surface area (TPSA) is 54.0 Å². The van der Waals surface area contributed by atoms with Gasteiger partial charge in [0.2, 0.25) is 0 Å². The second-order valence-electron chi connectivity index (χ2n) is 4.90. The molecule has 0 aromatic carbocycles. The number of carbonyl (C=O) groups excluding carboxylic acids is 1. The highest BCUT2D eigenvalue weighted by Crippen LogP contribution is 2.19. The van der Waals surface area contributed by atoms with Gasteiger partial charge in [-0.3, -0.25) is 4.79 Å². The molecule has 1 fully saturated rings. The molecular formula is C14H20ClN3O. The molecule has 0 spiro atoms. The molecule has 0 unspecified atom stereocenters. The van der Waals surface area contributed by atoms with Crippen LogP contribution in [0.5, 0.6) is 0 Å². The van der Waals surface area contributed by atoms with Crippen LogP contribution in [0, 0.1) is 0 Å². The Morgan fingerprint density at radius 1 is 1.37 bits per heavy atom. The van der Waals surface area contributed by atoms with Crippen LogP contribution < -0.4 is 10.6 Å². The van der Waals surface area contributed by atoms with Gasteiger partial charge in [0, 0.05) is 18.2 Å². The van der Waals surface area contributed by atoms with E-state index in [1.807, 2.05) is 6.92 Å². The Labute approximate surface area is 118 Å². The number of nitrogens with zero attached hydrogens (tertiary/aromatic N) is 1. The van der Waals surface area contributed by atoms with Crippen molar-refractivity contribution in [3.8, 4) is 0 Å². The number of nitrogens with one attached hydrogen (secondary N) is 2. The number of hydrogen-bond donors (Lipinski definition) is 2. The Morgan fingerprint density at radius 3 is 2.79 bits per heavy atom. The highest BCUT2D eigenvalue weighted by Gasteiger charge is 2.17. The predicted molar refractivity (Wildman–Crippen MR) is 77.7 cm³/mol. The summed E-state index contributed by atoms with van der Waals surface area (Å²) in [5.74, 6) is 0.583. The van der Waals surface area contributed by atoms with Crippen LogP contribution in [0.3, 0.4) is 0 Å². The molecule has 19 heavy (non-hydrogen) atoms. The van der Waals surface area contributed by atoms with E-state index in [1.165, 1.54) is 19.3 Å². The molecule has 0 aliphatic heterocycles. The SMILES string of the molecule is CCNc1cc(C(=O)NC2CCCCC2)cc(Cl)n1. The van der Waals surface area contributed by atoms with Crippen LogP contribution in [0.1, 0.15) is 49.4 Å². The van der Waals surface area contributed by atoms with Crippen molar-refractivity contribution in [3.05, 3.63) is 22.8 Å². The average Bonchev–Trinajstić information content (AvgIpc) is 2.39. The second-order valence-corrected chi connectivity index (χ2v) is 5.29. The summed E-state index contributed by atoms with van der Waals surface area (Å²) in [6, 6.07) is 3.66. The third-order valence-corrected chi connectivity index (χ3v) is 3.55. The summed E-state index contributed by atoms with van der Waals surface area (Å²) in [5.41, 5.74) is 0.571. The first-order chi connectivity index (χ1) is 9.19. The quantitative estimate of drug-likeness (QED) is 0.833. The van der Waals surface area contributed by atoms with Crippen LogP contribution in [-0.2, 0) is 0 Å². The maximum atomic E-state index is 12.2. The lowest BCUT2D eigenvalue weighted by Gasteiger charge is -2.22. The number of carbonyl (C=O) groups is 1. The van der Waals surface area contributed by atoms with Crippen molar-refractivity contribution in [1.82, 2.24) is 10.3 Å². The molecule has 4 nitrogen and oxygen atoms in total. The number of rotatable bonds is 4. The molecule has 1 amide bonds. The van der Waals surface area contributed by atoms with E-state index in [0.29, 0.717) is 22.6 Å². The zero-order chi connectivity index (χ0) is 13.7. The molecule has 5 heteroatoms. The van der Waals surface area contributed by atoms with Gasteiger partial charge < -0.3 is 10.6 Å². The summed E-state index contributed by atoms with van der Waals surface area (Å²) < 4.78 is 0. The lowest BCUT2D eigenvalue weighted by atomic mass is 9.95. The minimum absolute atomic E-state index is 0.0599. The van der Waals surface area contributed by atoms with Crippen LogP contribution in [0.4, 0.5) is 5.82 Å². The summed E-state index contributed by atoms with van der Waals surface area (Å²) in [5, 5.41) is 6.49. The molecule has 0 bridgehead atoms. The molecule has 1 aromatic heterocycles. The molecule has 0 radical (unpaired) electrons. The van der Waals surface area contributed by atoms with Crippen LogP contribution in [0.15, 0.2) is 12.1 Å².